The van der Waals surface area contributed by atoms with Crippen molar-refractivity contribution in [1.82, 2.24) is 0 Å². The van der Waals surface area contributed by atoms with Gasteiger partial charge in [0.05, 0.1) is 7.11 Å². The Balaban J connectivity index is 2.22. The number of hydrogen-bond donors (Lipinski definition) is 1. The topological polar surface area (TPSA) is 52.3 Å². The summed E-state index contributed by atoms with van der Waals surface area (Å²) >= 11 is 0. The Labute approximate surface area is 79.6 Å². The van der Waals surface area contributed by atoms with Crippen LogP contribution in [0.4, 0.5) is 0 Å². The monoisotopic (exact) mass is 185 g/mol. The van der Waals surface area contributed by atoms with Gasteiger partial charge in [-0.25, -0.2) is 0 Å². The molecule has 0 aromatic heterocycles. The lowest BCUT2D eigenvalue weighted by molar-refractivity contribution is -0.141. The van der Waals surface area contributed by atoms with Crippen LogP contribution in [0.25, 0.3) is 0 Å². The minimum absolute atomic E-state index is 0.113. The normalized spacial score (nSPS) is 28.5. The number of nitrogens with two attached hydrogens (primary N) is 1. The highest BCUT2D eigenvalue weighted by atomic mass is 16.5. The Bertz CT molecular complexity index is 170. The Hall–Kier alpha value is -0.570. The van der Waals surface area contributed by atoms with Crippen LogP contribution < -0.4 is 5.73 Å². The van der Waals surface area contributed by atoms with Gasteiger partial charge in [-0.2, -0.15) is 0 Å². The lowest BCUT2D eigenvalue weighted by atomic mass is 9.82. The van der Waals surface area contributed by atoms with Crippen LogP contribution in [0, 0.1) is 5.92 Å². The number of methoxy groups -OCH3 is 1. The molecule has 3 heteroatoms. The molecule has 2 atom stereocenters. The zero-order valence-electron chi connectivity index (χ0n) is 8.29. The number of hydrogen-bond acceptors (Lipinski definition) is 3. The van der Waals surface area contributed by atoms with Gasteiger partial charge in [0.15, 0.2) is 0 Å². The van der Waals surface area contributed by atoms with Crippen LogP contribution in [-0.4, -0.2) is 19.1 Å². The van der Waals surface area contributed by atoms with E-state index in [1.165, 1.54) is 26.4 Å². The van der Waals surface area contributed by atoms with Gasteiger partial charge in [0.1, 0.15) is 0 Å². The molecule has 0 amide bonds. The van der Waals surface area contributed by atoms with Crippen molar-refractivity contribution in [2.75, 3.05) is 7.11 Å². The molecular weight excluding hydrogens is 166 g/mol. The highest BCUT2D eigenvalue weighted by Gasteiger charge is 2.22. The van der Waals surface area contributed by atoms with Crippen molar-refractivity contribution < 1.29 is 9.53 Å². The van der Waals surface area contributed by atoms with Crippen molar-refractivity contribution in [1.29, 1.82) is 0 Å². The molecule has 2 N–H and O–H groups in total. The van der Waals surface area contributed by atoms with Gasteiger partial charge >= 0.3 is 5.97 Å². The minimum atomic E-state index is -0.113. The van der Waals surface area contributed by atoms with Gasteiger partial charge in [-0.15, -0.1) is 0 Å². The van der Waals surface area contributed by atoms with E-state index in [0.717, 1.165) is 12.8 Å². The molecule has 2 unspecified atom stereocenters. The maximum Gasteiger partial charge on any atom is 0.305 e. The summed E-state index contributed by atoms with van der Waals surface area (Å²) < 4.78 is 4.60. The van der Waals surface area contributed by atoms with E-state index in [-0.39, 0.29) is 5.97 Å². The molecule has 1 fully saturated rings. The number of rotatable bonds is 3. The second kappa shape index (κ2) is 5.22. The van der Waals surface area contributed by atoms with Gasteiger partial charge in [-0.1, -0.05) is 12.8 Å². The molecule has 0 aromatic rings. The van der Waals surface area contributed by atoms with Gasteiger partial charge < -0.3 is 10.5 Å². The summed E-state index contributed by atoms with van der Waals surface area (Å²) in [5, 5.41) is 0. The molecule has 0 heterocycles. The third-order valence-electron chi connectivity index (χ3n) is 2.91. The molecule has 13 heavy (non-hydrogen) atoms. The number of esters is 1. The third-order valence-corrected chi connectivity index (χ3v) is 2.91. The van der Waals surface area contributed by atoms with Crippen LogP contribution in [0.2, 0.25) is 0 Å². The van der Waals surface area contributed by atoms with Crippen molar-refractivity contribution in [3.05, 3.63) is 0 Å². The largest absolute Gasteiger partial charge is 0.469 e. The zero-order valence-corrected chi connectivity index (χ0v) is 8.29. The van der Waals surface area contributed by atoms with E-state index in [2.05, 4.69) is 4.74 Å². The second-order valence-electron chi connectivity index (χ2n) is 3.82. The SMILES string of the molecule is COC(=O)CCC1CCCCC1N. The van der Waals surface area contributed by atoms with Crippen LogP contribution in [0.1, 0.15) is 38.5 Å². The van der Waals surface area contributed by atoms with E-state index in [1.54, 1.807) is 0 Å². The van der Waals surface area contributed by atoms with E-state index < -0.39 is 0 Å². The number of ether oxygens (including phenoxy) is 1. The molecule has 3 nitrogen and oxygen atoms in total. The molecule has 0 aliphatic heterocycles. The van der Waals surface area contributed by atoms with E-state index >= 15 is 0 Å². The lowest BCUT2D eigenvalue weighted by Crippen LogP contribution is -2.33. The Kier molecular flexibility index (Phi) is 4.22. The predicted molar refractivity (Wildman–Crippen MR) is 51.2 cm³/mol. The Morgan fingerprint density at radius 3 is 2.77 bits per heavy atom. The van der Waals surface area contributed by atoms with Crippen LogP contribution in [0.5, 0.6) is 0 Å². The first-order valence-corrected chi connectivity index (χ1v) is 5.06. The fourth-order valence-electron chi connectivity index (χ4n) is 2.00. The molecular formula is C10H19NO2. The molecule has 0 aromatic carbocycles. The second-order valence-corrected chi connectivity index (χ2v) is 3.82. The molecule has 1 rings (SSSR count). The lowest BCUT2D eigenvalue weighted by Gasteiger charge is -2.28. The molecule has 76 valence electrons. The number of carbonyl (C=O) groups is 1. The summed E-state index contributed by atoms with van der Waals surface area (Å²) in [4.78, 5) is 10.9. The molecule has 0 saturated heterocycles. The minimum Gasteiger partial charge on any atom is -0.469 e. The van der Waals surface area contributed by atoms with E-state index in [4.69, 9.17) is 5.73 Å². The quantitative estimate of drug-likeness (QED) is 0.677. The molecule has 0 radical (unpaired) electrons. The van der Waals surface area contributed by atoms with Crippen LogP contribution in [0.15, 0.2) is 0 Å². The van der Waals surface area contributed by atoms with E-state index in [1.807, 2.05) is 0 Å². The highest BCUT2D eigenvalue weighted by molar-refractivity contribution is 5.69. The molecule has 0 spiro atoms. The third kappa shape index (κ3) is 3.35. The summed E-state index contributed by atoms with van der Waals surface area (Å²) in [6, 6.07) is 0.304. The average Bonchev–Trinajstić information content (AvgIpc) is 2.16. The predicted octanol–water partition coefficient (Wildman–Crippen LogP) is 1.46. The summed E-state index contributed by atoms with van der Waals surface area (Å²) in [6.07, 6.45) is 6.22. The van der Waals surface area contributed by atoms with Crippen molar-refractivity contribution in [2.45, 2.75) is 44.6 Å². The first kappa shape index (κ1) is 10.5. The highest BCUT2D eigenvalue weighted by Crippen LogP contribution is 2.26. The van der Waals surface area contributed by atoms with E-state index in [9.17, 15) is 4.79 Å². The summed E-state index contributed by atoms with van der Waals surface area (Å²) in [5.41, 5.74) is 5.95. The Morgan fingerprint density at radius 1 is 1.46 bits per heavy atom. The smallest absolute Gasteiger partial charge is 0.305 e. The molecule has 0 bridgehead atoms. The molecule has 1 aliphatic carbocycles. The average molecular weight is 185 g/mol. The van der Waals surface area contributed by atoms with Crippen molar-refractivity contribution in [3.63, 3.8) is 0 Å². The van der Waals surface area contributed by atoms with Gasteiger partial charge in [0.2, 0.25) is 0 Å². The maximum absolute atomic E-state index is 10.9. The van der Waals surface area contributed by atoms with Crippen molar-refractivity contribution in [3.8, 4) is 0 Å². The number of carbonyl (C=O) groups excluding carboxylic acids is 1. The van der Waals surface area contributed by atoms with Crippen LogP contribution >= 0.6 is 0 Å². The first-order chi connectivity index (χ1) is 6.24. The van der Waals surface area contributed by atoms with Gasteiger partial charge in [0.25, 0.3) is 0 Å². The van der Waals surface area contributed by atoms with Gasteiger partial charge in [0, 0.05) is 12.5 Å². The fourth-order valence-corrected chi connectivity index (χ4v) is 2.00. The maximum atomic E-state index is 10.9. The van der Waals surface area contributed by atoms with Crippen molar-refractivity contribution in [2.24, 2.45) is 11.7 Å². The van der Waals surface area contributed by atoms with Gasteiger partial charge in [-0.05, 0) is 25.2 Å². The van der Waals surface area contributed by atoms with Crippen molar-refractivity contribution >= 4 is 5.97 Å². The first-order valence-electron chi connectivity index (χ1n) is 5.06. The van der Waals surface area contributed by atoms with Crippen LogP contribution in [0.3, 0.4) is 0 Å². The summed E-state index contributed by atoms with van der Waals surface area (Å²) in [6.45, 7) is 0. The fraction of sp³-hybridized carbons (Fsp3) is 0.900. The summed E-state index contributed by atoms with van der Waals surface area (Å²) in [7, 11) is 1.43. The van der Waals surface area contributed by atoms with E-state index in [0.29, 0.717) is 18.4 Å². The standard InChI is InChI=1S/C10H19NO2/c1-13-10(12)7-6-8-4-2-3-5-9(8)11/h8-9H,2-7,11H2,1H3. The molecule has 1 aliphatic rings. The van der Waals surface area contributed by atoms with Crippen LogP contribution in [-0.2, 0) is 9.53 Å². The van der Waals surface area contributed by atoms with Gasteiger partial charge in [-0.3, -0.25) is 4.79 Å². The Morgan fingerprint density at radius 2 is 2.15 bits per heavy atom. The summed E-state index contributed by atoms with van der Waals surface area (Å²) in [5.74, 6) is 0.422. The zero-order chi connectivity index (χ0) is 9.68. The molecule has 1 saturated carbocycles.